The SMILES string of the molecule is CC(O)CCNc1cccc(F)n1. The highest BCUT2D eigenvalue weighted by atomic mass is 19.1. The molecule has 1 unspecified atom stereocenters. The van der Waals surface area contributed by atoms with Gasteiger partial charge in [0.05, 0.1) is 6.10 Å². The Hall–Kier alpha value is -1.16. The second kappa shape index (κ2) is 4.77. The maximum Gasteiger partial charge on any atom is 0.214 e. The van der Waals surface area contributed by atoms with Crippen LogP contribution in [-0.2, 0) is 0 Å². The molecule has 0 bridgehead atoms. The van der Waals surface area contributed by atoms with Crippen LogP contribution in [0.15, 0.2) is 18.2 Å². The van der Waals surface area contributed by atoms with E-state index in [0.717, 1.165) is 0 Å². The molecular formula is C9H13FN2O. The van der Waals surface area contributed by atoms with Gasteiger partial charge >= 0.3 is 0 Å². The van der Waals surface area contributed by atoms with Crippen LogP contribution >= 0.6 is 0 Å². The van der Waals surface area contributed by atoms with Crippen molar-refractivity contribution in [2.45, 2.75) is 19.4 Å². The van der Waals surface area contributed by atoms with Crippen molar-refractivity contribution in [3.05, 3.63) is 24.1 Å². The zero-order chi connectivity index (χ0) is 9.68. The van der Waals surface area contributed by atoms with E-state index in [-0.39, 0.29) is 6.10 Å². The Morgan fingerprint density at radius 1 is 1.62 bits per heavy atom. The number of nitrogens with zero attached hydrogens (tertiary/aromatic N) is 1. The van der Waals surface area contributed by atoms with Crippen LogP contribution in [0.3, 0.4) is 0 Å². The first-order valence-electron chi connectivity index (χ1n) is 4.23. The second-order valence-electron chi connectivity index (χ2n) is 2.91. The van der Waals surface area contributed by atoms with Crippen molar-refractivity contribution in [2.24, 2.45) is 0 Å². The average Bonchev–Trinajstić information content (AvgIpc) is 2.03. The summed E-state index contributed by atoms with van der Waals surface area (Å²) in [4.78, 5) is 3.61. The van der Waals surface area contributed by atoms with E-state index >= 15 is 0 Å². The summed E-state index contributed by atoms with van der Waals surface area (Å²) in [6.45, 7) is 2.30. The van der Waals surface area contributed by atoms with E-state index in [1.165, 1.54) is 6.07 Å². The lowest BCUT2D eigenvalue weighted by molar-refractivity contribution is 0.188. The normalized spacial score (nSPS) is 12.5. The van der Waals surface area contributed by atoms with Crippen molar-refractivity contribution in [3.63, 3.8) is 0 Å². The van der Waals surface area contributed by atoms with Gasteiger partial charge in [0.15, 0.2) is 0 Å². The van der Waals surface area contributed by atoms with Crippen LogP contribution in [0.2, 0.25) is 0 Å². The molecule has 13 heavy (non-hydrogen) atoms. The van der Waals surface area contributed by atoms with E-state index in [4.69, 9.17) is 5.11 Å². The van der Waals surface area contributed by atoms with E-state index in [0.29, 0.717) is 18.8 Å². The van der Waals surface area contributed by atoms with Gasteiger partial charge in [-0.25, -0.2) is 4.98 Å². The minimum Gasteiger partial charge on any atom is -0.393 e. The van der Waals surface area contributed by atoms with Crippen LogP contribution in [0.5, 0.6) is 0 Å². The summed E-state index contributed by atoms with van der Waals surface area (Å²) in [5.74, 6) is 0.00250. The maximum absolute atomic E-state index is 12.6. The van der Waals surface area contributed by atoms with Crippen LogP contribution in [0.4, 0.5) is 10.2 Å². The van der Waals surface area contributed by atoms with Crippen molar-refractivity contribution in [3.8, 4) is 0 Å². The molecule has 0 radical (unpaired) electrons. The molecule has 0 fully saturated rings. The quantitative estimate of drug-likeness (QED) is 0.695. The number of aliphatic hydroxyl groups is 1. The van der Waals surface area contributed by atoms with Gasteiger partial charge in [0, 0.05) is 6.54 Å². The Kier molecular flexibility index (Phi) is 3.64. The van der Waals surface area contributed by atoms with Gasteiger partial charge in [0.25, 0.3) is 0 Å². The van der Waals surface area contributed by atoms with Gasteiger partial charge in [-0.15, -0.1) is 0 Å². The summed E-state index contributed by atoms with van der Waals surface area (Å²) in [7, 11) is 0. The molecule has 0 aliphatic rings. The molecule has 0 saturated carbocycles. The third kappa shape index (κ3) is 3.85. The first-order chi connectivity index (χ1) is 6.18. The Morgan fingerprint density at radius 3 is 3.00 bits per heavy atom. The van der Waals surface area contributed by atoms with Crippen LogP contribution in [0.25, 0.3) is 0 Å². The third-order valence-electron chi connectivity index (χ3n) is 1.58. The number of aromatic nitrogens is 1. The fourth-order valence-electron chi connectivity index (χ4n) is 0.916. The molecule has 0 aromatic carbocycles. The predicted molar refractivity (Wildman–Crippen MR) is 49.0 cm³/mol. The molecule has 2 N–H and O–H groups in total. The number of pyridine rings is 1. The van der Waals surface area contributed by atoms with Crippen LogP contribution < -0.4 is 5.32 Å². The highest BCUT2D eigenvalue weighted by molar-refractivity contribution is 5.33. The van der Waals surface area contributed by atoms with E-state index < -0.39 is 5.95 Å². The summed E-state index contributed by atoms with van der Waals surface area (Å²) >= 11 is 0. The zero-order valence-corrected chi connectivity index (χ0v) is 7.50. The largest absolute Gasteiger partial charge is 0.393 e. The number of hydrogen-bond acceptors (Lipinski definition) is 3. The number of anilines is 1. The van der Waals surface area contributed by atoms with Gasteiger partial charge < -0.3 is 10.4 Å². The summed E-state index contributed by atoms with van der Waals surface area (Å²) < 4.78 is 12.6. The summed E-state index contributed by atoms with van der Waals surface area (Å²) in [6.07, 6.45) is 0.277. The molecule has 0 saturated heterocycles. The molecule has 0 spiro atoms. The molecule has 0 aliphatic heterocycles. The van der Waals surface area contributed by atoms with Gasteiger partial charge in [-0.1, -0.05) is 6.07 Å². The van der Waals surface area contributed by atoms with Crippen LogP contribution in [0, 0.1) is 5.95 Å². The maximum atomic E-state index is 12.6. The van der Waals surface area contributed by atoms with E-state index in [2.05, 4.69) is 10.3 Å². The number of nitrogens with one attached hydrogen (secondary N) is 1. The molecule has 72 valence electrons. The monoisotopic (exact) mass is 184 g/mol. The lowest BCUT2D eigenvalue weighted by Gasteiger charge is -2.06. The predicted octanol–water partition coefficient (Wildman–Crippen LogP) is 1.40. The third-order valence-corrected chi connectivity index (χ3v) is 1.58. The second-order valence-corrected chi connectivity index (χ2v) is 2.91. The van der Waals surface area contributed by atoms with E-state index in [9.17, 15) is 4.39 Å². The van der Waals surface area contributed by atoms with Crippen molar-refractivity contribution in [2.75, 3.05) is 11.9 Å². The highest BCUT2D eigenvalue weighted by Gasteiger charge is 1.97. The van der Waals surface area contributed by atoms with E-state index in [1.807, 2.05) is 0 Å². The number of rotatable bonds is 4. The minimum absolute atomic E-state index is 0.346. The molecule has 1 rings (SSSR count). The molecule has 1 atom stereocenters. The Bertz CT molecular complexity index is 266. The standard InChI is InChI=1S/C9H13FN2O/c1-7(13)5-6-11-9-4-2-3-8(10)12-9/h2-4,7,13H,5-6H2,1H3,(H,11,12). The van der Waals surface area contributed by atoms with Gasteiger partial charge in [-0.3, -0.25) is 0 Å². The number of halogens is 1. The topological polar surface area (TPSA) is 45.1 Å². The summed E-state index contributed by atoms with van der Waals surface area (Å²) in [5.41, 5.74) is 0. The lowest BCUT2D eigenvalue weighted by Crippen LogP contribution is -2.10. The Labute approximate surface area is 76.6 Å². The minimum atomic E-state index is -0.498. The Balaban J connectivity index is 2.37. The van der Waals surface area contributed by atoms with E-state index in [1.54, 1.807) is 19.1 Å². The Morgan fingerprint density at radius 2 is 2.38 bits per heavy atom. The van der Waals surface area contributed by atoms with Crippen molar-refractivity contribution in [1.29, 1.82) is 0 Å². The van der Waals surface area contributed by atoms with Crippen LogP contribution in [-0.4, -0.2) is 22.7 Å². The molecule has 3 nitrogen and oxygen atoms in total. The molecule has 1 aromatic rings. The average molecular weight is 184 g/mol. The van der Waals surface area contributed by atoms with Crippen molar-refractivity contribution >= 4 is 5.82 Å². The molecule has 1 aromatic heterocycles. The van der Waals surface area contributed by atoms with Crippen LogP contribution in [0.1, 0.15) is 13.3 Å². The number of aliphatic hydroxyl groups excluding tert-OH is 1. The first kappa shape index (κ1) is 9.92. The van der Waals surface area contributed by atoms with Gasteiger partial charge in [-0.2, -0.15) is 4.39 Å². The highest BCUT2D eigenvalue weighted by Crippen LogP contribution is 2.03. The van der Waals surface area contributed by atoms with Gasteiger partial charge in [-0.05, 0) is 25.5 Å². The van der Waals surface area contributed by atoms with Gasteiger partial charge in [0.2, 0.25) is 5.95 Å². The summed E-state index contributed by atoms with van der Waals surface area (Å²) in [6, 6.07) is 4.57. The first-order valence-corrected chi connectivity index (χ1v) is 4.23. The van der Waals surface area contributed by atoms with Crippen molar-refractivity contribution in [1.82, 2.24) is 4.98 Å². The smallest absolute Gasteiger partial charge is 0.214 e. The van der Waals surface area contributed by atoms with Gasteiger partial charge in [0.1, 0.15) is 5.82 Å². The molecule has 0 amide bonds. The fourth-order valence-corrected chi connectivity index (χ4v) is 0.916. The number of hydrogen-bond donors (Lipinski definition) is 2. The molecular weight excluding hydrogens is 171 g/mol. The van der Waals surface area contributed by atoms with Crippen molar-refractivity contribution < 1.29 is 9.50 Å². The lowest BCUT2D eigenvalue weighted by atomic mass is 10.3. The molecule has 1 heterocycles. The summed E-state index contributed by atoms with van der Waals surface area (Å²) in [5, 5.41) is 11.9. The zero-order valence-electron chi connectivity index (χ0n) is 7.50. The molecule has 4 heteroatoms. The fraction of sp³-hybridized carbons (Fsp3) is 0.444. The molecule has 0 aliphatic carbocycles.